The predicted octanol–water partition coefficient (Wildman–Crippen LogP) is 3.42. The van der Waals surface area contributed by atoms with E-state index in [9.17, 15) is 14.7 Å². The molecule has 6 nitrogen and oxygen atoms in total. The van der Waals surface area contributed by atoms with Crippen LogP contribution in [0.5, 0.6) is 5.75 Å². The molecular weight excluding hydrogens is 332 g/mol. The zero-order valence-electron chi connectivity index (χ0n) is 15.4. The van der Waals surface area contributed by atoms with Gasteiger partial charge < -0.3 is 15.6 Å². The van der Waals surface area contributed by atoms with E-state index in [2.05, 4.69) is 0 Å². The van der Waals surface area contributed by atoms with Crippen LogP contribution in [0.3, 0.4) is 0 Å². The number of anilines is 1. The molecule has 0 saturated heterocycles. The van der Waals surface area contributed by atoms with E-state index in [0.29, 0.717) is 11.4 Å². The minimum absolute atomic E-state index is 0.248. The zero-order valence-corrected chi connectivity index (χ0v) is 15.4. The third kappa shape index (κ3) is 3.79. The van der Waals surface area contributed by atoms with Gasteiger partial charge in [0, 0.05) is 0 Å². The maximum Gasteiger partial charge on any atom is 0.333 e. The minimum atomic E-state index is -1.67. The quantitative estimate of drug-likeness (QED) is 0.829. The number of carboxylic acids is 1. The lowest BCUT2D eigenvalue weighted by atomic mass is 9.96. The van der Waals surface area contributed by atoms with Crippen molar-refractivity contribution in [1.29, 1.82) is 0 Å². The molecule has 1 unspecified atom stereocenters. The van der Waals surface area contributed by atoms with Crippen molar-refractivity contribution in [2.45, 2.75) is 33.2 Å². The Hall–Kier alpha value is -3.02. The Morgan fingerprint density at radius 2 is 1.65 bits per heavy atom. The summed E-state index contributed by atoms with van der Waals surface area (Å²) in [5, 5.41) is 9.90. The minimum Gasteiger partial charge on any atom is -0.491 e. The van der Waals surface area contributed by atoms with E-state index in [1.807, 2.05) is 39.0 Å². The first-order valence-electron chi connectivity index (χ1n) is 8.25. The Bertz CT molecular complexity index is 797. The number of benzene rings is 2. The number of amides is 2. The Morgan fingerprint density at radius 3 is 2.12 bits per heavy atom. The van der Waals surface area contributed by atoms with Gasteiger partial charge in [0.15, 0.2) is 5.54 Å². The Balaban J connectivity index is 2.50. The maximum atomic E-state index is 12.3. The number of urea groups is 1. The van der Waals surface area contributed by atoms with Gasteiger partial charge in [-0.05, 0) is 51.0 Å². The molecule has 1 atom stereocenters. The second-order valence-electron chi connectivity index (χ2n) is 6.60. The van der Waals surface area contributed by atoms with E-state index in [1.165, 1.54) is 6.92 Å². The lowest BCUT2D eigenvalue weighted by molar-refractivity contribution is -0.143. The topological polar surface area (TPSA) is 92.9 Å². The van der Waals surface area contributed by atoms with Crippen LogP contribution in [0.4, 0.5) is 10.5 Å². The monoisotopic (exact) mass is 356 g/mol. The van der Waals surface area contributed by atoms with Crippen LogP contribution >= 0.6 is 0 Å². The van der Waals surface area contributed by atoms with Gasteiger partial charge in [-0.15, -0.1) is 0 Å². The molecule has 0 saturated carbocycles. The molecular formula is C20H24N2O4. The van der Waals surface area contributed by atoms with E-state index in [-0.39, 0.29) is 6.61 Å². The standard InChI is InChI=1S/C20H24N2O4/c1-13-10-14(2)17(15(3)11-13)22(19(21)25)20(4,18(23)24)12-26-16-8-6-5-7-9-16/h5-11H,12H2,1-4H3,(H2,21,25)(H,23,24). The predicted molar refractivity (Wildman–Crippen MR) is 101 cm³/mol. The first kappa shape index (κ1) is 19.3. The average Bonchev–Trinajstić information content (AvgIpc) is 2.56. The molecule has 3 N–H and O–H groups in total. The lowest BCUT2D eigenvalue weighted by Gasteiger charge is -2.38. The molecule has 0 heterocycles. The van der Waals surface area contributed by atoms with Crippen LogP contribution in [0.1, 0.15) is 23.6 Å². The number of hydrogen-bond acceptors (Lipinski definition) is 3. The number of carbonyl (C=O) groups is 2. The fourth-order valence-corrected chi connectivity index (χ4v) is 3.09. The highest BCUT2D eigenvalue weighted by Gasteiger charge is 2.45. The molecule has 0 aliphatic rings. The number of nitrogens with zero attached hydrogens (tertiary/aromatic N) is 1. The summed E-state index contributed by atoms with van der Waals surface area (Å²) >= 11 is 0. The molecule has 0 aromatic heterocycles. The van der Waals surface area contributed by atoms with Crippen molar-refractivity contribution < 1.29 is 19.4 Å². The molecule has 0 aliphatic carbocycles. The van der Waals surface area contributed by atoms with Crippen LogP contribution in [0.2, 0.25) is 0 Å². The SMILES string of the molecule is Cc1cc(C)c(N(C(N)=O)C(C)(COc2ccccc2)C(=O)O)c(C)c1. The van der Waals surface area contributed by atoms with Gasteiger partial charge in [-0.3, -0.25) is 4.90 Å². The molecule has 0 spiro atoms. The number of para-hydroxylation sites is 1. The molecule has 138 valence electrons. The van der Waals surface area contributed by atoms with Crippen LogP contribution in [0.15, 0.2) is 42.5 Å². The second kappa shape index (κ2) is 7.47. The first-order valence-corrected chi connectivity index (χ1v) is 8.25. The number of aliphatic carboxylic acids is 1. The normalized spacial score (nSPS) is 12.9. The molecule has 6 heteroatoms. The van der Waals surface area contributed by atoms with Crippen molar-refractivity contribution in [3.05, 3.63) is 59.2 Å². The van der Waals surface area contributed by atoms with Crippen molar-refractivity contribution in [2.24, 2.45) is 5.73 Å². The molecule has 0 radical (unpaired) electrons. The fourth-order valence-electron chi connectivity index (χ4n) is 3.09. The number of nitrogens with two attached hydrogens (primary N) is 1. The Morgan fingerprint density at radius 1 is 1.12 bits per heavy atom. The Kier molecular flexibility index (Phi) is 5.55. The van der Waals surface area contributed by atoms with Crippen molar-refractivity contribution >= 4 is 17.7 Å². The molecule has 2 amide bonds. The third-order valence-corrected chi connectivity index (χ3v) is 4.30. The van der Waals surface area contributed by atoms with E-state index in [0.717, 1.165) is 21.6 Å². The van der Waals surface area contributed by atoms with Gasteiger partial charge in [-0.1, -0.05) is 35.9 Å². The van der Waals surface area contributed by atoms with E-state index in [4.69, 9.17) is 10.5 Å². The van der Waals surface area contributed by atoms with Gasteiger partial charge in [-0.2, -0.15) is 0 Å². The van der Waals surface area contributed by atoms with Gasteiger partial charge in [0.05, 0.1) is 5.69 Å². The molecule has 0 bridgehead atoms. The average molecular weight is 356 g/mol. The van der Waals surface area contributed by atoms with Gasteiger partial charge >= 0.3 is 12.0 Å². The summed E-state index contributed by atoms with van der Waals surface area (Å²) in [6, 6.07) is 11.8. The zero-order chi connectivity index (χ0) is 19.5. The molecule has 2 rings (SSSR count). The van der Waals surface area contributed by atoms with Crippen molar-refractivity contribution in [3.63, 3.8) is 0 Å². The van der Waals surface area contributed by atoms with E-state index < -0.39 is 17.5 Å². The summed E-state index contributed by atoms with van der Waals surface area (Å²) in [7, 11) is 0. The number of primary amides is 1. The fraction of sp³-hybridized carbons (Fsp3) is 0.300. The molecule has 2 aromatic rings. The van der Waals surface area contributed by atoms with Crippen LogP contribution in [0.25, 0.3) is 0 Å². The lowest BCUT2D eigenvalue weighted by Crippen LogP contribution is -2.61. The first-order chi connectivity index (χ1) is 12.2. The van der Waals surface area contributed by atoms with Crippen LogP contribution < -0.4 is 15.4 Å². The molecule has 0 fully saturated rings. The summed E-state index contributed by atoms with van der Waals surface area (Å²) in [5.74, 6) is -0.687. The summed E-state index contributed by atoms with van der Waals surface area (Å²) in [4.78, 5) is 25.5. The summed E-state index contributed by atoms with van der Waals surface area (Å²) in [6.45, 7) is 6.77. The number of ether oxygens (including phenoxy) is 1. The van der Waals surface area contributed by atoms with E-state index >= 15 is 0 Å². The van der Waals surface area contributed by atoms with Crippen molar-refractivity contribution in [2.75, 3.05) is 11.5 Å². The maximum absolute atomic E-state index is 12.3. The highest BCUT2D eigenvalue weighted by atomic mass is 16.5. The summed E-state index contributed by atoms with van der Waals surface area (Å²) in [6.07, 6.45) is 0. The molecule has 0 aliphatic heterocycles. The van der Waals surface area contributed by atoms with Crippen LogP contribution in [-0.4, -0.2) is 29.3 Å². The smallest absolute Gasteiger partial charge is 0.333 e. The molecule has 2 aromatic carbocycles. The van der Waals surface area contributed by atoms with E-state index in [1.54, 1.807) is 24.3 Å². The Labute approximate surface area is 153 Å². The van der Waals surface area contributed by atoms with Crippen molar-refractivity contribution in [3.8, 4) is 5.75 Å². The van der Waals surface area contributed by atoms with Crippen molar-refractivity contribution in [1.82, 2.24) is 0 Å². The van der Waals surface area contributed by atoms with Gasteiger partial charge in [0.1, 0.15) is 12.4 Å². The number of carboxylic acid groups (broad SMARTS) is 1. The summed E-state index contributed by atoms with van der Waals surface area (Å²) in [5.41, 5.74) is 6.98. The summed E-state index contributed by atoms with van der Waals surface area (Å²) < 4.78 is 5.66. The largest absolute Gasteiger partial charge is 0.491 e. The number of carbonyl (C=O) groups excluding carboxylic acids is 1. The van der Waals surface area contributed by atoms with Gasteiger partial charge in [0.2, 0.25) is 0 Å². The number of rotatable bonds is 6. The molecule has 26 heavy (non-hydrogen) atoms. The van der Waals surface area contributed by atoms with Crippen LogP contribution in [0, 0.1) is 20.8 Å². The number of aryl methyl sites for hydroxylation is 3. The highest BCUT2D eigenvalue weighted by Crippen LogP contribution is 2.32. The van der Waals surface area contributed by atoms with Gasteiger partial charge in [-0.25, -0.2) is 9.59 Å². The highest BCUT2D eigenvalue weighted by molar-refractivity contribution is 6.01. The van der Waals surface area contributed by atoms with Gasteiger partial charge in [0.25, 0.3) is 0 Å². The third-order valence-electron chi connectivity index (χ3n) is 4.30. The van der Waals surface area contributed by atoms with Crippen LogP contribution in [-0.2, 0) is 4.79 Å². The number of hydrogen-bond donors (Lipinski definition) is 2. The second-order valence-corrected chi connectivity index (χ2v) is 6.60.